The number of nitrogens with one attached hydrogen (secondary N) is 2. The van der Waals surface area contributed by atoms with Crippen LogP contribution in [0.1, 0.15) is 15.9 Å². The molecule has 2 rings (SSSR count). The largest absolute Gasteiger partial charge is 0.478 e. The minimum absolute atomic E-state index is 0.209. The van der Waals surface area contributed by atoms with E-state index in [2.05, 4.69) is 10.6 Å². The number of aromatic carboxylic acids is 1. The van der Waals surface area contributed by atoms with Gasteiger partial charge in [-0.05, 0) is 18.2 Å². The van der Waals surface area contributed by atoms with E-state index in [9.17, 15) is 22.8 Å². The molecule has 1 saturated heterocycles. The van der Waals surface area contributed by atoms with E-state index in [-0.39, 0.29) is 12.2 Å². The molecule has 1 heterocycles. The molecule has 1 atom stereocenters. The molecule has 0 spiro atoms. The molecule has 0 aliphatic carbocycles. The summed E-state index contributed by atoms with van der Waals surface area (Å²) in [5.74, 6) is -2.18. The van der Waals surface area contributed by atoms with E-state index in [1.165, 1.54) is 0 Å². The Bertz CT molecular complexity index is 583. The number of benzene rings is 1. The Balaban J connectivity index is 2.23. The van der Waals surface area contributed by atoms with Crippen LogP contribution in [0.2, 0.25) is 0 Å². The number of hydrogen-bond acceptors (Lipinski definition) is 4. The lowest BCUT2D eigenvalue weighted by Gasteiger charge is -2.23. The zero-order valence-electron chi connectivity index (χ0n) is 11.2. The van der Waals surface area contributed by atoms with E-state index in [4.69, 9.17) is 9.84 Å². The number of halogens is 3. The molecule has 0 radical (unpaired) electrons. The van der Waals surface area contributed by atoms with Gasteiger partial charge < -0.3 is 20.5 Å². The van der Waals surface area contributed by atoms with Crippen molar-refractivity contribution in [1.82, 2.24) is 5.32 Å². The second-order valence-electron chi connectivity index (χ2n) is 4.62. The van der Waals surface area contributed by atoms with Gasteiger partial charge in [0.1, 0.15) is 6.10 Å². The summed E-state index contributed by atoms with van der Waals surface area (Å²) in [5.41, 5.74) is -1.94. The molecule has 1 fully saturated rings. The zero-order chi connectivity index (χ0) is 16.3. The molecule has 22 heavy (non-hydrogen) atoms. The highest BCUT2D eigenvalue weighted by atomic mass is 19.4. The van der Waals surface area contributed by atoms with Crippen LogP contribution in [0.5, 0.6) is 0 Å². The third kappa shape index (κ3) is 3.74. The topological polar surface area (TPSA) is 87.7 Å². The molecule has 120 valence electrons. The van der Waals surface area contributed by atoms with Crippen molar-refractivity contribution in [2.75, 3.05) is 25.0 Å². The average molecular weight is 318 g/mol. The number of rotatable bonds is 3. The smallest absolute Gasteiger partial charge is 0.416 e. The molecule has 3 N–H and O–H groups in total. The maximum Gasteiger partial charge on any atom is 0.416 e. The number of alkyl halides is 3. The zero-order valence-corrected chi connectivity index (χ0v) is 11.2. The molecule has 1 unspecified atom stereocenters. The van der Waals surface area contributed by atoms with Gasteiger partial charge in [-0.2, -0.15) is 13.2 Å². The highest BCUT2D eigenvalue weighted by Crippen LogP contribution is 2.32. The fraction of sp³-hybridized carbons (Fsp3) is 0.385. The van der Waals surface area contributed by atoms with Crippen molar-refractivity contribution in [3.05, 3.63) is 29.3 Å². The fourth-order valence-electron chi connectivity index (χ4n) is 1.95. The fourth-order valence-corrected chi connectivity index (χ4v) is 1.95. The van der Waals surface area contributed by atoms with Gasteiger partial charge in [0, 0.05) is 13.1 Å². The van der Waals surface area contributed by atoms with Gasteiger partial charge in [0.15, 0.2) is 0 Å². The van der Waals surface area contributed by atoms with Gasteiger partial charge in [0.05, 0.1) is 23.4 Å². The number of ether oxygens (including phenoxy) is 1. The van der Waals surface area contributed by atoms with E-state index in [1.807, 2.05) is 0 Å². The molecule has 0 aromatic heterocycles. The minimum Gasteiger partial charge on any atom is -0.478 e. The number of carbonyl (C=O) groups is 2. The van der Waals surface area contributed by atoms with Crippen LogP contribution >= 0.6 is 0 Å². The van der Waals surface area contributed by atoms with Crippen molar-refractivity contribution >= 4 is 17.6 Å². The van der Waals surface area contributed by atoms with Gasteiger partial charge in [-0.15, -0.1) is 0 Å². The lowest BCUT2D eigenvalue weighted by Crippen LogP contribution is -2.45. The maximum atomic E-state index is 12.6. The van der Waals surface area contributed by atoms with Crippen LogP contribution in [0.25, 0.3) is 0 Å². The SMILES string of the molecule is O=C(O)c1cc(C(F)(F)F)ccc1NC(=O)C1CNCCO1. The van der Waals surface area contributed by atoms with Gasteiger partial charge in [0.25, 0.3) is 5.91 Å². The maximum absolute atomic E-state index is 12.6. The number of morpholine rings is 1. The van der Waals surface area contributed by atoms with Crippen molar-refractivity contribution in [2.45, 2.75) is 12.3 Å². The van der Waals surface area contributed by atoms with Crippen LogP contribution in [-0.2, 0) is 15.7 Å². The summed E-state index contributed by atoms with van der Waals surface area (Å²) >= 11 is 0. The van der Waals surface area contributed by atoms with E-state index in [0.29, 0.717) is 25.3 Å². The highest BCUT2D eigenvalue weighted by Gasteiger charge is 2.32. The predicted molar refractivity (Wildman–Crippen MR) is 69.6 cm³/mol. The van der Waals surface area contributed by atoms with Crippen LogP contribution in [-0.4, -0.2) is 42.8 Å². The Morgan fingerprint density at radius 2 is 2.09 bits per heavy atom. The predicted octanol–water partition coefficient (Wildman–Crippen LogP) is 1.33. The van der Waals surface area contributed by atoms with Gasteiger partial charge in [-0.25, -0.2) is 4.79 Å². The van der Waals surface area contributed by atoms with E-state index in [1.54, 1.807) is 0 Å². The molecule has 0 bridgehead atoms. The molecule has 1 aliphatic rings. The highest BCUT2D eigenvalue weighted by molar-refractivity contribution is 6.02. The number of anilines is 1. The second kappa shape index (κ2) is 6.32. The number of amides is 1. The first-order chi connectivity index (χ1) is 10.3. The Hall–Kier alpha value is -2.13. The lowest BCUT2D eigenvalue weighted by molar-refractivity contribution is -0.137. The molecule has 1 amide bonds. The summed E-state index contributed by atoms with van der Waals surface area (Å²) in [6.45, 7) is 1.15. The van der Waals surface area contributed by atoms with E-state index < -0.39 is 35.3 Å². The van der Waals surface area contributed by atoms with Gasteiger partial charge in [0.2, 0.25) is 0 Å². The quantitative estimate of drug-likeness (QED) is 0.782. The number of hydrogen-bond donors (Lipinski definition) is 3. The molecule has 1 aliphatic heterocycles. The van der Waals surface area contributed by atoms with Crippen molar-refractivity contribution in [1.29, 1.82) is 0 Å². The van der Waals surface area contributed by atoms with E-state index >= 15 is 0 Å². The summed E-state index contributed by atoms with van der Waals surface area (Å²) < 4.78 is 43.0. The van der Waals surface area contributed by atoms with Gasteiger partial charge >= 0.3 is 12.1 Å². The molecule has 1 aromatic carbocycles. The molecule has 1 aromatic rings. The Morgan fingerprint density at radius 1 is 1.36 bits per heavy atom. The Kier molecular flexibility index (Phi) is 4.67. The Labute approximate surface area is 123 Å². The van der Waals surface area contributed by atoms with Crippen LogP contribution < -0.4 is 10.6 Å². The minimum atomic E-state index is -4.66. The average Bonchev–Trinajstić information content (AvgIpc) is 2.47. The van der Waals surface area contributed by atoms with Gasteiger partial charge in [-0.1, -0.05) is 0 Å². The van der Waals surface area contributed by atoms with Crippen LogP contribution in [0.15, 0.2) is 18.2 Å². The number of carboxylic acid groups (broad SMARTS) is 1. The molecule has 0 saturated carbocycles. The van der Waals surface area contributed by atoms with Crippen molar-refractivity contribution in [3.63, 3.8) is 0 Å². The van der Waals surface area contributed by atoms with Crippen LogP contribution in [0, 0.1) is 0 Å². The lowest BCUT2D eigenvalue weighted by atomic mass is 10.1. The Morgan fingerprint density at radius 3 is 2.64 bits per heavy atom. The van der Waals surface area contributed by atoms with Crippen LogP contribution in [0.4, 0.5) is 18.9 Å². The third-order valence-corrected chi connectivity index (χ3v) is 3.06. The monoisotopic (exact) mass is 318 g/mol. The molecule has 6 nitrogen and oxygen atoms in total. The summed E-state index contributed by atoms with van der Waals surface area (Å²) in [7, 11) is 0. The van der Waals surface area contributed by atoms with E-state index in [0.717, 1.165) is 6.07 Å². The van der Waals surface area contributed by atoms with Crippen molar-refractivity contribution in [3.8, 4) is 0 Å². The first-order valence-corrected chi connectivity index (χ1v) is 6.37. The second-order valence-corrected chi connectivity index (χ2v) is 4.62. The van der Waals surface area contributed by atoms with Crippen molar-refractivity contribution < 1.29 is 32.6 Å². The normalized spacial score (nSPS) is 18.8. The molecular formula is C13H13F3N2O4. The summed E-state index contributed by atoms with van der Waals surface area (Å²) in [6, 6.07) is 2.11. The van der Waals surface area contributed by atoms with Crippen molar-refractivity contribution in [2.24, 2.45) is 0 Å². The van der Waals surface area contributed by atoms with Gasteiger partial charge in [-0.3, -0.25) is 4.79 Å². The standard InChI is InChI=1S/C13H13F3N2O4/c14-13(15,16)7-1-2-9(8(5-7)12(20)21)18-11(19)10-6-17-3-4-22-10/h1-2,5,10,17H,3-4,6H2,(H,18,19)(H,20,21). The summed E-state index contributed by atoms with van der Waals surface area (Å²) in [4.78, 5) is 23.0. The summed E-state index contributed by atoms with van der Waals surface area (Å²) in [5, 5.41) is 14.2. The number of carbonyl (C=O) groups excluding carboxylic acids is 1. The first kappa shape index (κ1) is 16.2. The molecule has 9 heteroatoms. The number of carboxylic acids is 1. The van der Waals surface area contributed by atoms with Crippen LogP contribution in [0.3, 0.4) is 0 Å². The summed E-state index contributed by atoms with van der Waals surface area (Å²) in [6.07, 6.45) is -5.49. The third-order valence-electron chi connectivity index (χ3n) is 3.06. The first-order valence-electron chi connectivity index (χ1n) is 6.37. The molecular weight excluding hydrogens is 305 g/mol.